The van der Waals surface area contributed by atoms with Gasteiger partial charge in [0, 0.05) is 0 Å². The lowest BCUT2D eigenvalue weighted by Gasteiger charge is -2.14. The van der Waals surface area contributed by atoms with E-state index in [-0.39, 0.29) is 18.4 Å². The van der Waals surface area contributed by atoms with E-state index in [4.69, 9.17) is 0 Å². The Morgan fingerprint density at radius 1 is 0.682 bits per heavy atom. The van der Waals surface area contributed by atoms with Crippen molar-refractivity contribution in [2.75, 3.05) is 4.90 Å². The zero-order valence-electron chi connectivity index (χ0n) is 11.9. The summed E-state index contributed by atoms with van der Waals surface area (Å²) in [7, 11) is 0. The third-order valence-electron chi connectivity index (χ3n) is 3.16. The third-order valence-corrected chi connectivity index (χ3v) is 3.16. The van der Waals surface area contributed by atoms with E-state index < -0.39 is 0 Å². The van der Waals surface area contributed by atoms with Gasteiger partial charge in [-0.1, -0.05) is 42.5 Å². The summed E-state index contributed by atoms with van der Waals surface area (Å²) in [5.41, 5.74) is 1.68. The maximum Gasteiger partial charge on any atom is 0.508 e. The standard InChI is InChI=1S/C18H15N2O.ClH/c21-18(19-14-8-3-9-15-19)20(16-10-4-1-5-11-16)17-12-6-2-7-13-17;/h1-15H;1H/q+1;. The van der Waals surface area contributed by atoms with Crippen LogP contribution in [0.2, 0.25) is 0 Å². The first-order chi connectivity index (χ1) is 10.4. The van der Waals surface area contributed by atoms with E-state index in [1.54, 1.807) is 21.9 Å². The van der Waals surface area contributed by atoms with Gasteiger partial charge < -0.3 is 0 Å². The van der Waals surface area contributed by atoms with Crippen LogP contribution in [0.15, 0.2) is 91.3 Å². The Morgan fingerprint density at radius 3 is 1.55 bits per heavy atom. The van der Waals surface area contributed by atoms with Crippen LogP contribution >= 0.6 is 12.4 Å². The second kappa shape index (κ2) is 7.38. The number of carbonyl (C=O) groups is 1. The number of anilines is 2. The molecule has 0 aliphatic carbocycles. The molecule has 4 heteroatoms. The summed E-state index contributed by atoms with van der Waals surface area (Å²) in [6.07, 6.45) is 3.50. The van der Waals surface area contributed by atoms with Crippen LogP contribution < -0.4 is 9.47 Å². The van der Waals surface area contributed by atoms with Crippen LogP contribution in [-0.2, 0) is 0 Å². The summed E-state index contributed by atoms with van der Waals surface area (Å²) in [6.45, 7) is 0. The number of hydrogen-bond acceptors (Lipinski definition) is 1. The van der Waals surface area contributed by atoms with E-state index in [0.717, 1.165) is 11.4 Å². The lowest BCUT2D eigenvalue weighted by atomic mass is 10.2. The molecule has 0 unspecified atom stereocenters. The van der Waals surface area contributed by atoms with Gasteiger partial charge in [0.2, 0.25) is 0 Å². The first kappa shape index (κ1) is 15.7. The largest absolute Gasteiger partial charge is 0.508 e. The molecule has 0 aliphatic heterocycles. The number of amides is 1. The quantitative estimate of drug-likeness (QED) is 0.651. The van der Waals surface area contributed by atoms with Crippen molar-refractivity contribution in [3.8, 4) is 0 Å². The number of pyridine rings is 1. The molecule has 0 saturated carbocycles. The zero-order chi connectivity index (χ0) is 14.5. The second-order valence-electron chi connectivity index (χ2n) is 4.57. The van der Waals surface area contributed by atoms with Crippen molar-refractivity contribution < 1.29 is 9.36 Å². The van der Waals surface area contributed by atoms with Gasteiger partial charge >= 0.3 is 6.03 Å². The molecule has 0 fully saturated rings. The monoisotopic (exact) mass is 311 g/mol. The van der Waals surface area contributed by atoms with Crippen LogP contribution in [0.25, 0.3) is 0 Å². The average Bonchev–Trinajstić information content (AvgIpc) is 2.58. The summed E-state index contributed by atoms with van der Waals surface area (Å²) >= 11 is 0. The fourth-order valence-electron chi connectivity index (χ4n) is 2.17. The molecule has 0 spiro atoms. The van der Waals surface area contributed by atoms with Gasteiger partial charge in [-0.2, -0.15) is 14.3 Å². The van der Waals surface area contributed by atoms with Crippen molar-refractivity contribution in [3.63, 3.8) is 0 Å². The number of rotatable bonds is 2. The predicted octanol–water partition coefficient (Wildman–Crippen LogP) is 4.20. The normalized spacial score (nSPS) is 9.64. The van der Waals surface area contributed by atoms with Gasteiger partial charge in [0.25, 0.3) is 0 Å². The van der Waals surface area contributed by atoms with E-state index in [1.165, 1.54) is 0 Å². The predicted molar refractivity (Wildman–Crippen MR) is 89.7 cm³/mol. The average molecular weight is 312 g/mol. The van der Waals surface area contributed by atoms with Crippen LogP contribution in [0.5, 0.6) is 0 Å². The van der Waals surface area contributed by atoms with Crippen LogP contribution in [0.4, 0.5) is 16.2 Å². The number of para-hydroxylation sites is 2. The fourth-order valence-corrected chi connectivity index (χ4v) is 2.17. The maximum atomic E-state index is 12.8. The number of halogens is 1. The zero-order valence-corrected chi connectivity index (χ0v) is 12.7. The fraction of sp³-hybridized carbons (Fsp3) is 0. The van der Waals surface area contributed by atoms with E-state index >= 15 is 0 Å². The SMILES string of the molecule is Cl.O=C(N(c1ccccc1)c1ccccc1)[n+]1ccccc1. The van der Waals surface area contributed by atoms with Crippen molar-refractivity contribution in [1.29, 1.82) is 0 Å². The van der Waals surface area contributed by atoms with Gasteiger partial charge in [-0.3, -0.25) is 0 Å². The van der Waals surface area contributed by atoms with Gasteiger partial charge in [0.05, 0.1) is 12.4 Å². The Hall–Kier alpha value is -2.65. The van der Waals surface area contributed by atoms with E-state index in [2.05, 4.69) is 0 Å². The van der Waals surface area contributed by atoms with Crippen LogP contribution in [0.3, 0.4) is 0 Å². The summed E-state index contributed by atoms with van der Waals surface area (Å²) < 4.78 is 1.57. The van der Waals surface area contributed by atoms with Crippen molar-refractivity contribution in [2.24, 2.45) is 0 Å². The number of benzene rings is 2. The molecule has 0 saturated heterocycles. The summed E-state index contributed by atoms with van der Waals surface area (Å²) in [4.78, 5) is 14.5. The molecule has 2 aromatic carbocycles. The Labute approximate surface area is 135 Å². The van der Waals surface area contributed by atoms with Crippen molar-refractivity contribution in [1.82, 2.24) is 0 Å². The Kier molecular flexibility index (Phi) is 5.28. The maximum absolute atomic E-state index is 12.8. The minimum absolute atomic E-state index is 0. The molecule has 3 nitrogen and oxygen atoms in total. The minimum atomic E-state index is -0.118. The summed E-state index contributed by atoms with van der Waals surface area (Å²) in [5.74, 6) is 0. The molecule has 1 aromatic heterocycles. The van der Waals surface area contributed by atoms with Crippen LogP contribution in [-0.4, -0.2) is 6.03 Å². The summed E-state index contributed by atoms with van der Waals surface area (Å²) in [5, 5.41) is 0. The lowest BCUT2D eigenvalue weighted by molar-refractivity contribution is -0.569. The Morgan fingerprint density at radius 2 is 1.09 bits per heavy atom. The summed E-state index contributed by atoms with van der Waals surface area (Å²) in [6, 6.07) is 24.7. The molecule has 1 heterocycles. The Balaban J connectivity index is 0.00000176. The molecular formula is C18H16ClN2O+. The van der Waals surface area contributed by atoms with Gasteiger partial charge in [-0.05, 0) is 36.4 Å². The lowest BCUT2D eigenvalue weighted by Crippen LogP contribution is -2.50. The molecule has 1 amide bonds. The smallest absolute Gasteiger partial charge is 0.196 e. The van der Waals surface area contributed by atoms with Crippen molar-refractivity contribution in [3.05, 3.63) is 91.3 Å². The highest BCUT2D eigenvalue weighted by Crippen LogP contribution is 2.24. The molecule has 110 valence electrons. The molecule has 3 aromatic rings. The highest BCUT2D eigenvalue weighted by Gasteiger charge is 2.28. The molecule has 0 N–H and O–H groups in total. The molecular weight excluding hydrogens is 296 g/mol. The van der Waals surface area contributed by atoms with Gasteiger partial charge in [0.1, 0.15) is 11.4 Å². The number of carbonyl (C=O) groups excluding carboxylic acids is 1. The van der Waals surface area contributed by atoms with E-state index in [1.807, 2.05) is 78.9 Å². The second-order valence-corrected chi connectivity index (χ2v) is 4.57. The Bertz CT molecular complexity index is 678. The van der Waals surface area contributed by atoms with Gasteiger partial charge in [-0.25, -0.2) is 0 Å². The molecule has 0 bridgehead atoms. The van der Waals surface area contributed by atoms with E-state index in [9.17, 15) is 4.79 Å². The number of aromatic nitrogens is 1. The minimum Gasteiger partial charge on any atom is -0.196 e. The molecule has 0 aliphatic rings. The van der Waals surface area contributed by atoms with Gasteiger partial charge in [0.15, 0.2) is 0 Å². The van der Waals surface area contributed by atoms with Gasteiger partial charge in [-0.15, -0.1) is 12.4 Å². The topological polar surface area (TPSA) is 24.2 Å². The van der Waals surface area contributed by atoms with E-state index in [0.29, 0.717) is 0 Å². The highest BCUT2D eigenvalue weighted by atomic mass is 35.5. The van der Waals surface area contributed by atoms with Crippen LogP contribution in [0, 0.1) is 0 Å². The van der Waals surface area contributed by atoms with Crippen molar-refractivity contribution in [2.45, 2.75) is 0 Å². The number of nitrogens with zero attached hydrogens (tertiary/aromatic N) is 2. The molecule has 0 atom stereocenters. The van der Waals surface area contributed by atoms with Crippen molar-refractivity contribution >= 4 is 29.8 Å². The molecule has 0 radical (unpaired) electrons. The third kappa shape index (κ3) is 3.32. The molecule has 22 heavy (non-hydrogen) atoms. The first-order valence-electron chi connectivity index (χ1n) is 6.77. The van der Waals surface area contributed by atoms with Crippen LogP contribution in [0.1, 0.15) is 0 Å². The highest BCUT2D eigenvalue weighted by molar-refractivity contribution is 5.94. The first-order valence-corrected chi connectivity index (χ1v) is 6.77. The number of hydrogen-bond donors (Lipinski definition) is 0. The molecule has 3 rings (SSSR count).